The van der Waals surface area contributed by atoms with Gasteiger partial charge in [0, 0.05) is 24.1 Å². The summed E-state index contributed by atoms with van der Waals surface area (Å²) in [5.74, 6) is 1.80. The summed E-state index contributed by atoms with van der Waals surface area (Å²) in [6, 6.07) is 2.42. The van der Waals surface area contributed by atoms with Crippen molar-refractivity contribution >= 4 is 11.0 Å². The zero-order chi connectivity index (χ0) is 19.3. The molecule has 27 heavy (non-hydrogen) atoms. The highest BCUT2D eigenvalue weighted by molar-refractivity contribution is 5.93. The molecule has 3 aromatic heterocycles. The van der Waals surface area contributed by atoms with E-state index >= 15 is 0 Å². The molecule has 1 N–H and O–H groups in total. The Morgan fingerprint density at radius 1 is 1.30 bits per heavy atom. The molecule has 0 bridgehead atoms. The number of fused-ring (bicyclic) bond motifs is 1. The number of aromatic nitrogens is 5. The maximum atomic E-state index is 5.66. The zero-order valence-electron chi connectivity index (χ0n) is 17.0. The minimum Gasteiger partial charge on any atom is -0.334 e. The summed E-state index contributed by atoms with van der Waals surface area (Å²) in [4.78, 5) is 9.65. The molecule has 1 atom stereocenters. The summed E-state index contributed by atoms with van der Waals surface area (Å²) in [6.07, 6.45) is 3.11. The second kappa shape index (κ2) is 6.41. The van der Waals surface area contributed by atoms with E-state index in [4.69, 9.17) is 14.6 Å². The van der Waals surface area contributed by atoms with Crippen LogP contribution in [0, 0.1) is 6.92 Å². The molecule has 1 aliphatic carbocycles. The van der Waals surface area contributed by atoms with Gasteiger partial charge >= 0.3 is 0 Å². The number of nitrogens with zero attached hydrogens (tertiary/aromatic N) is 5. The molecule has 0 spiro atoms. The van der Waals surface area contributed by atoms with E-state index < -0.39 is 0 Å². The third-order valence-electron chi connectivity index (χ3n) is 5.14. The average molecular weight is 368 g/mol. The molecular weight excluding hydrogens is 340 g/mol. The topological polar surface area (TPSA) is 81.7 Å². The third-order valence-corrected chi connectivity index (χ3v) is 5.14. The van der Waals surface area contributed by atoms with Crippen LogP contribution in [-0.4, -0.2) is 38.0 Å². The first-order chi connectivity index (χ1) is 12.8. The quantitative estimate of drug-likeness (QED) is 0.741. The predicted octanol–water partition coefficient (Wildman–Crippen LogP) is 3.57. The van der Waals surface area contributed by atoms with E-state index in [0.717, 1.165) is 34.4 Å². The van der Waals surface area contributed by atoms with Gasteiger partial charge in [0.2, 0.25) is 0 Å². The van der Waals surface area contributed by atoms with Crippen LogP contribution in [0.15, 0.2) is 10.6 Å². The van der Waals surface area contributed by atoms with Gasteiger partial charge in [-0.1, -0.05) is 5.16 Å². The van der Waals surface area contributed by atoms with Gasteiger partial charge in [-0.3, -0.25) is 0 Å². The van der Waals surface area contributed by atoms with Crippen molar-refractivity contribution in [3.63, 3.8) is 0 Å². The van der Waals surface area contributed by atoms with Gasteiger partial charge < -0.3 is 9.84 Å². The highest BCUT2D eigenvalue weighted by atomic mass is 16.5. The SMILES string of the molecule is CNC(C)Cc1noc(-c2cc(C3CC3)nc3c2c(C)nn3C(C)(C)C)n1. The molecule has 1 unspecified atom stereocenters. The van der Waals surface area contributed by atoms with Gasteiger partial charge in [-0.2, -0.15) is 10.1 Å². The van der Waals surface area contributed by atoms with Gasteiger partial charge in [0.1, 0.15) is 0 Å². The van der Waals surface area contributed by atoms with Gasteiger partial charge in [0.05, 0.1) is 22.2 Å². The van der Waals surface area contributed by atoms with Crippen molar-refractivity contribution < 1.29 is 4.52 Å². The molecule has 0 radical (unpaired) electrons. The highest BCUT2D eigenvalue weighted by Crippen LogP contribution is 2.42. The minimum atomic E-state index is -0.152. The van der Waals surface area contributed by atoms with E-state index in [2.05, 4.69) is 49.2 Å². The molecular formula is C20H28N6O. The molecule has 1 aliphatic rings. The zero-order valence-corrected chi connectivity index (χ0v) is 17.0. The summed E-state index contributed by atoms with van der Waals surface area (Å²) < 4.78 is 7.68. The van der Waals surface area contributed by atoms with Crippen LogP contribution in [-0.2, 0) is 12.0 Å². The average Bonchev–Trinajstić information content (AvgIpc) is 3.27. The number of hydrogen-bond donors (Lipinski definition) is 1. The maximum absolute atomic E-state index is 5.66. The lowest BCUT2D eigenvalue weighted by Crippen LogP contribution is -2.24. The summed E-state index contributed by atoms with van der Waals surface area (Å²) in [5.41, 5.74) is 3.74. The number of pyridine rings is 1. The first kappa shape index (κ1) is 18.1. The summed E-state index contributed by atoms with van der Waals surface area (Å²) >= 11 is 0. The van der Waals surface area contributed by atoms with Crippen molar-refractivity contribution in [1.29, 1.82) is 0 Å². The molecule has 7 heteroatoms. The fourth-order valence-corrected chi connectivity index (χ4v) is 3.36. The van der Waals surface area contributed by atoms with Crippen molar-refractivity contribution in [1.82, 2.24) is 30.2 Å². The van der Waals surface area contributed by atoms with Gasteiger partial charge in [0.25, 0.3) is 5.89 Å². The maximum Gasteiger partial charge on any atom is 0.258 e. The molecule has 0 aliphatic heterocycles. The standard InChI is InChI=1S/C20H28N6O/c1-11(21-6)9-16-23-19(27-25-16)14-10-15(13-7-8-13)22-18-17(14)12(2)24-26(18)20(3,4)5/h10-11,13,21H,7-9H2,1-6H3. The first-order valence-corrected chi connectivity index (χ1v) is 9.69. The summed E-state index contributed by atoms with van der Waals surface area (Å²) in [7, 11) is 1.93. The number of aryl methyl sites for hydroxylation is 1. The molecule has 0 saturated heterocycles. The Bertz CT molecular complexity index is 976. The van der Waals surface area contributed by atoms with E-state index in [1.54, 1.807) is 0 Å². The van der Waals surface area contributed by atoms with Crippen LogP contribution in [0.2, 0.25) is 0 Å². The van der Waals surface area contributed by atoms with Crippen LogP contribution >= 0.6 is 0 Å². The molecule has 4 rings (SSSR count). The van der Waals surface area contributed by atoms with Crippen LogP contribution in [0.25, 0.3) is 22.5 Å². The fraction of sp³-hybridized carbons (Fsp3) is 0.600. The molecule has 3 heterocycles. The Kier molecular flexibility index (Phi) is 4.29. The first-order valence-electron chi connectivity index (χ1n) is 9.69. The van der Waals surface area contributed by atoms with E-state index in [-0.39, 0.29) is 5.54 Å². The highest BCUT2D eigenvalue weighted by Gasteiger charge is 2.30. The lowest BCUT2D eigenvalue weighted by atomic mass is 10.1. The van der Waals surface area contributed by atoms with Crippen molar-refractivity contribution in [2.45, 2.75) is 71.4 Å². The molecule has 144 valence electrons. The van der Waals surface area contributed by atoms with E-state index in [0.29, 0.717) is 23.7 Å². The normalized spacial score (nSPS) is 16.2. The molecule has 0 amide bonds. The Labute approximate surface area is 159 Å². The molecule has 7 nitrogen and oxygen atoms in total. The lowest BCUT2D eigenvalue weighted by molar-refractivity contribution is 0.364. The summed E-state index contributed by atoms with van der Waals surface area (Å²) in [5, 5.41) is 13.2. The smallest absolute Gasteiger partial charge is 0.258 e. The Balaban J connectivity index is 1.88. The van der Waals surface area contributed by atoms with E-state index in [9.17, 15) is 0 Å². The Morgan fingerprint density at radius 2 is 2.04 bits per heavy atom. The molecule has 3 aromatic rings. The molecule has 0 aromatic carbocycles. The van der Waals surface area contributed by atoms with Crippen LogP contribution in [0.3, 0.4) is 0 Å². The van der Waals surface area contributed by atoms with Crippen molar-refractivity contribution in [2.75, 3.05) is 7.05 Å². The minimum absolute atomic E-state index is 0.152. The van der Waals surface area contributed by atoms with Crippen molar-refractivity contribution in [3.8, 4) is 11.5 Å². The van der Waals surface area contributed by atoms with E-state index in [1.807, 2.05) is 18.7 Å². The fourth-order valence-electron chi connectivity index (χ4n) is 3.36. The van der Waals surface area contributed by atoms with Gasteiger partial charge in [-0.15, -0.1) is 0 Å². The monoisotopic (exact) mass is 368 g/mol. The van der Waals surface area contributed by atoms with Crippen molar-refractivity contribution in [2.24, 2.45) is 0 Å². The van der Waals surface area contributed by atoms with Crippen LogP contribution < -0.4 is 5.32 Å². The number of rotatable bonds is 5. The largest absolute Gasteiger partial charge is 0.334 e. The van der Waals surface area contributed by atoms with Crippen LogP contribution in [0.4, 0.5) is 0 Å². The van der Waals surface area contributed by atoms with Gasteiger partial charge in [0.15, 0.2) is 11.5 Å². The van der Waals surface area contributed by atoms with E-state index in [1.165, 1.54) is 12.8 Å². The predicted molar refractivity (Wildman–Crippen MR) is 105 cm³/mol. The molecule has 1 fully saturated rings. The van der Waals surface area contributed by atoms with Crippen LogP contribution in [0.5, 0.6) is 0 Å². The van der Waals surface area contributed by atoms with Gasteiger partial charge in [-0.25, -0.2) is 9.67 Å². The Hall–Kier alpha value is -2.28. The van der Waals surface area contributed by atoms with Crippen LogP contribution in [0.1, 0.15) is 63.7 Å². The lowest BCUT2D eigenvalue weighted by Gasteiger charge is -2.20. The second-order valence-electron chi connectivity index (χ2n) is 8.65. The number of hydrogen-bond acceptors (Lipinski definition) is 6. The third kappa shape index (κ3) is 3.36. The van der Waals surface area contributed by atoms with Gasteiger partial charge in [-0.05, 0) is 60.6 Å². The summed E-state index contributed by atoms with van der Waals surface area (Å²) in [6.45, 7) is 10.6. The number of nitrogens with one attached hydrogen (secondary N) is 1. The second-order valence-corrected chi connectivity index (χ2v) is 8.65. The Morgan fingerprint density at radius 3 is 2.67 bits per heavy atom. The van der Waals surface area contributed by atoms with Crippen molar-refractivity contribution in [3.05, 3.63) is 23.3 Å². The number of likely N-dealkylation sites (N-methyl/N-ethyl adjacent to an activating group) is 1. The molecule has 1 saturated carbocycles.